The van der Waals surface area contributed by atoms with Gasteiger partial charge in [-0.2, -0.15) is 0 Å². The summed E-state index contributed by atoms with van der Waals surface area (Å²) >= 11 is 0. The maximum atomic E-state index is 12.3. The average Bonchev–Trinajstić information content (AvgIpc) is 2.47. The molecule has 0 bridgehead atoms. The van der Waals surface area contributed by atoms with Crippen LogP contribution in [0.4, 0.5) is 0 Å². The van der Waals surface area contributed by atoms with E-state index in [9.17, 15) is 9.90 Å². The molecule has 0 spiro atoms. The number of morpholine rings is 1. The second kappa shape index (κ2) is 7.54. The van der Waals surface area contributed by atoms with Crippen molar-refractivity contribution in [1.82, 2.24) is 9.80 Å². The van der Waals surface area contributed by atoms with E-state index >= 15 is 0 Å². The summed E-state index contributed by atoms with van der Waals surface area (Å²) in [7, 11) is 1.73. The third kappa shape index (κ3) is 4.81. The minimum absolute atomic E-state index is 0.0558. The predicted molar refractivity (Wildman–Crippen MR) is 81.4 cm³/mol. The topological polar surface area (TPSA) is 53.0 Å². The Balaban J connectivity index is 1.85. The van der Waals surface area contributed by atoms with Crippen molar-refractivity contribution >= 4 is 5.91 Å². The molecule has 1 amide bonds. The highest BCUT2D eigenvalue weighted by molar-refractivity contribution is 5.94. The quantitative estimate of drug-likeness (QED) is 0.870. The Morgan fingerprint density at radius 2 is 2.14 bits per heavy atom. The smallest absolute Gasteiger partial charge is 0.253 e. The number of nitrogens with zero attached hydrogens (tertiary/aromatic N) is 2. The van der Waals surface area contributed by atoms with Crippen LogP contribution < -0.4 is 0 Å². The molecule has 1 aliphatic rings. The standard InChI is InChI=1S/C16H24N2O3/c1-13-4-3-5-14(10-13)16(20)17(2)11-15(19)12-18-6-8-21-9-7-18/h3-5,10,15,19H,6-9,11-12H2,1-2H3. The molecule has 1 aromatic rings. The van der Waals surface area contributed by atoms with Crippen LogP contribution in [0.5, 0.6) is 0 Å². The van der Waals surface area contributed by atoms with Gasteiger partial charge < -0.3 is 14.7 Å². The first-order valence-corrected chi connectivity index (χ1v) is 7.36. The van der Waals surface area contributed by atoms with E-state index < -0.39 is 6.10 Å². The highest BCUT2D eigenvalue weighted by Gasteiger charge is 2.19. The third-order valence-electron chi connectivity index (χ3n) is 3.67. The number of rotatable bonds is 5. The van der Waals surface area contributed by atoms with Gasteiger partial charge in [-0.05, 0) is 19.1 Å². The van der Waals surface area contributed by atoms with Gasteiger partial charge >= 0.3 is 0 Å². The van der Waals surface area contributed by atoms with Gasteiger partial charge in [0.15, 0.2) is 0 Å². The molecule has 116 valence electrons. The van der Waals surface area contributed by atoms with Gasteiger partial charge in [0.05, 0.1) is 19.3 Å². The zero-order chi connectivity index (χ0) is 15.2. The normalized spacial score (nSPS) is 17.5. The summed E-state index contributed by atoms with van der Waals surface area (Å²) in [5.74, 6) is -0.0558. The minimum Gasteiger partial charge on any atom is -0.390 e. The second-order valence-corrected chi connectivity index (χ2v) is 5.62. The Labute approximate surface area is 126 Å². The first-order chi connectivity index (χ1) is 10.1. The highest BCUT2D eigenvalue weighted by Crippen LogP contribution is 2.08. The number of likely N-dealkylation sites (N-methyl/N-ethyl adjacent to an activating group) is 1. The Kier molecular flexibility index (Phi) is 5.73. The van der Waals surface area contributed by atoms with E-state index in [1.54, 1.807) is 18.0 Å². The molecule has 1 aliphatic heterocycles. The van der Waals surface area contributed by atoms with Crippen LogP contribution in [-0.4, -0.2) is 73.4 Å². The minimum atomic E-state index is -0.540. The zero-order valence-electron chi connectivity index (χ0n) is 12.8. The molecule has 5 nitrogen and oxygen atoms in total. The van der Waals surface area contributed by atoms with Crippen molar-refractivity contribution in [1.29, 1.82) is 0 Å². The molecular weight excluding hydrogens is 268 g/mol. The van der Waals surface area contributed by atoms with Crippen molar-refractivity contribution in [2.24, 2.45) is 0 Å². The molecule has 1 aromatic carbocycles. The lowest BCUT2D eigenvalue weighted by molar-refractivity contribution is 0.00879. The molecule has 2 rings (SSSR count). The Morgan fingerprint density at radius 1 is 1.43 bits per heavy atom. The number of aliphatic hydroxyl groups excluding tert-OH is 1. The largest absolute Gasteiger partial charge is 0.390 e. The molecule has 1 fully saturated rings. The summed E-state index contributed by atoms with van der Waals surface area (Å²) in [6, 6.07) is 7.51. The number of hydrogen-bond donors (Lipinski definition) is 1. The van der Waals surface area contributed by atoms with Gasteiger partial charge in [0.1, 0.15) is 0 Å². The molecule has 21 heavy (non-hydrogen) atoms. The monoisotopic (exact) mass is 292 g/mol. The first-order valence-electron chi connectivity index (χ1n) is 7.36. The number of ether oxygens (including phenoxy) is 1. The average molecular weight is 292 g/mol. The summed E-state index contributed by atoms with van der Waals surface area (Å²) in [6.45, 7) is 5.98. The molecule has 0 aromatic heterocycles. The van der Waals surface area contributed by atoms with E-state index in [-0.39, 0.29) is 5.91 Å². The Hall–Kier alpha value is -1.43. The Morgan fingerprint density at radius 3 is 2.81 bits per heavy atom. The highest BCUT2D eigenvalue weighted by atomic mass is 16.5. The van der Waals surface area contributed by atoms with E-state index in [1.807, 2.05) is 25.1 Å². The number of β-amino-alcohol motifs (C(OH)–C–C–N with tert-alkyl or cyclic N) is 1. The van der Waals surface area contributed by atoms with E-state index in [1.165, 1.54) is 0 Å². The van der Waals surface area contributed by atoms with Crippen molar-refractivity contribution in [3.63, 3.8) is 0 Å². The van der Waals surface area contributed by atoms with Crippen molar-refractivity contribution in [2.75, 3.05) is 46.4 Å². The molecule has 1 atom stereocenters. The number of amides is 1. The van der Waals surface area contributed by atoms with Crippen molar-refractivity contribution in [2.45, 2.75) is 13.0 Å². The van der Waals surface area contributed by atoms with Crippen LogP contribution in [0.25, 0.3) is 0 Å². The number of hydrogen-bond acceptors (Lipinski definition) is 4. The van der Waals surface area contributed by atoms with Crippen LogP contribution in [0.3, 0.4) is 0 Å². The second-order valence-electron chi connectivity index (χ2n) is 5.62. The fourth-order valence-corrected chi connectivity index (χ4v) is 2.54. The SMILES string of the molecule is Cc1cccc(C(=O)N(C)CC(O)CN2CCOCC2)c1. The number of aliphatic hydroxyl groups is 1. The number of carbonyl (C=O) groups is 1. The van der Waals surface area contributed by atoms with Crippen molar-refractivity contribution in [3.8, 4) is 0 Å². The molecule has 5 heteroatoms. The van der Waals surface area contributed by atoms with Crippen LogP contribution in [-0.2, 0) is 4.74 Å². The third-order valence-corrected chi connectivity index (χ3v) is 3.67. The van der Waals surface area contributed by atoms with Gasteiger partial charge in [-0.1, -0.05) is 17.7 Å². The van der Waals surface area contributed by atoms with Crippen LogP contribution in [0, 0.1) is 6.92 Å². The van der Waals surface area contributed by atoms with Gasteiger partial charge in [0, 0.05) is 38.8 Å². The van der Waals surface area contributed by atoms with Crippen LogP contribution in [0.2, 0.25) is 0 Å². The van der Waals surface area contributed by atoms with Gasteiger partial charge in [-0.15, -0.1) is 0 Å². The molecule has 1 N–H and O–H groups in total. The van der Waals surface area contributed by atoms with Crippen LogP contribution in [0.15, 0.2) is 24.3 Å². The van der Waals surface area contributed by atoms with E-state index in [2.05, 4.69) is 4.90 Å². The van der Waals surface area contributed by atoms with Gasteiger partial charge in [-0.25, -0.2) is 0 Å². The van der Waals surface area contributed by atoms with Crippen molar-refractivity contribution < 1.29 is 14.6 Å². The van der Waals surface area contributed by atoms with Gasteiger partial charge in [-0.3, -0.25) is 9.69 Å². The lowest BCUT2D eigenvalue weighted by Gasteiger charge is -2.30. The van der Waals surface area contributed by atoms with Crippen molar-refractivity contribution in [3.05, 3.63) is 35.4 Å². The van der Waals surface area contributed by atoms with E-state index in [0.717, 1.165) is 18.7 Å². The maximum absolute atomic E-state index is 12.3. The lowest BCUT2D eigenvalue weighted by Crippen LogP contribution is -2.45. The number of aryl methyl sites for hydroxylation is 1. The van der Waals surface area contributed by atoms with Gasteiger partial charge in [0.2, 0.25) is 0 Å². The maximum Gasteiger partial charge on any atom is 0.253 e. The van der Waals surface area contributed by atoms with Crippen LogP contribution in [0.1, 0.15) is 15.9 Å². The predicted octanol–water partition coefficient (Wildman–Crippen LogP) is 0.760. The van der Waals surface area contributed by atoms with E-state index in [4.69, 9.17) is 4.74 Å². The number of benzene rings is 1. The first kappa shape index (κ1) is 15.9. The molecular formula is C16H24N2O3. The summed E-state index contributed by atoms with van der Waals surface area (Å²) in [6.07, 6.45) is -0.540. The van der Waals surface area contributed by atoms with Gasteiger partial charge in [0.25, 0.3) is 5.91 Å². The fraction of sp³-hybridized carbons (Fsp3) is 0.562. The molecule has 1 saturated heterocycles. The fourth-order valence-electron chi connectivity index (χ4n) is 2.54. The Bertz CT molecular complexity index is 472. The lowest BCUT2D eigenvalue weighted by atomic mass is 10.1. The summed E-state index contributed by atoms with van der Waals surface area (Å²) in [5.41, 5.74) is 1.72. The summed E-state index contributed by atoms with van der Waals surface area (Å²) < 4.78 is 5.28. The molecule has 0 saturated carbocycles. The molecule has 0 radical (unpaired) electrons. The zero-order valence-corrected chi connectivity index (χ0v) is 12.8. The summed E-state index contributed by atoms with van der Waals surface area (Å²) in [4.78, 5) is 16.1. The number of carbonyl (C=O) groups excluding carboxylic acids is 1. The molecule has 1 unspecified atom stereocenters. The summed E-state index contributed by atoms with van der Waals surface area (Å²) in [5, 5.41) is 10.1. The molecule has 0 aliphatic carbocycles. The van der Waals surface area contributed by atoms with Crippen LogP contribution >= 0.6 is 0 Å². The van der Waals surface area contributed by atoms with E-state index in [0.29, 0.717) is 31.9 Å². The molecule has 1 heterocycles.